The third-order valence-corrected chi connectivity index (χ3v) is 4.86. The smallest absolute Gasteiger partial charge is 0.226 e. The van der Waals surface area contributed by atoms with Crippen molar-refractivity contribution in [2.75, 3.05) is 6.54 Å². The molecule has 27 heavy (non-hydrogen) atoms. The Balaban J connectivity index is 0.00000338. The molecule has 0 fully saturated rings. The van der Waals surface area contributed by atoms with E-state index >= 15 is 0 Å². The molecule has 0 aliphatic heterocycles. The van der Waals surface area contributed by atoms with Gasteiger partial charge in [0.2, 0.25) is 5.91 Å². The summed E-state index contributed by atoms with van der Waals surface area (Å²) >= 11 is 1.52. The number of aromatic nitrogens is 1. The topological polar surface area (TPSA) is 68.0 Å². The Kier molecular flexibility index (Phi) is 11.1. The quantitative estimate of drug-likeness (QED) is 0.654. The maximum absolute atomic E-state index is 13.0. The summed E-state index contributed by atoms with van der Waals surface area (Å²) in [5, 5.41) is 5.87. The minimum atomic E-state index is -0.391. The molecule has 2 aromatic rings. The van der Waals surface area contributed by atoms with Gasteiger partial charge in [-0.1, -0.05) is 26.0 Å². The highest BCUT2D eigenvalue weighted by Crippen LogP contribution is 2.18. The minimum absolute atomic E-state index is 0. The number of halogens is 3. The molecule has 0 spiro atoms. The SMILES string of the molecule is CC(C)CC(C)(CN)NC(=O)Cc1csc(Cc2ccc(F)cc2)n1.Cl.Cl. The first-order valence-corrected chi connectivity index (χ1v) is 9.36. The Morgan fingerprint density at radius 1 is 1.30 bits per heavy atom. The van der Waals surface area contributed by atoms with E-state index in [1.807, 2.05) is 12.3 Å². The van der Waals surface area contributed by atoms with Crippen molar-refractivity contribution in [2.24, 2.45) is 11.7 Å². The van der Waals surface area contributed by atoms with Crippen molar-refractivity contribution in [3.05, 3.63) is 51.7 Å². The monoisotopic (exact) mass is 435 g/mol. The first-order valence-electron chi connectivity index (χ1n) is 8.48. The number of thiazole rings is 1. The Bertz CT molecular complexity index is 709. The van der Waals surface area contributed by atoms with Crippen LogP contribution in [0.15, 0.2) is 29.6 Å². The maximum Gasteiger partial charge on any atom is 0.226 e. The van der Waals surface area contributed by atoms with Crippen LogP contribution in [0.2, 0.25) is 0 Å². The van der Waals surface area contributed by atoms with Crippen LogP contribution < -0.4 is 11.1 Å². The summed E-state index contributed by atoms with van der Waals surface area (Å²) in [7, 11) is 0. The molecule has 1 unspecified atom stereocenters. The number of carbonyl (C=O) groups is 1. The van der Waals surface area contributed by atoms with E-state index in [4.69, 9.17) is 5.73 Å². The summed E-state index contributed by atoms with van der Waals surface area (Å²) in [6.45, 7) is 6.61. The van der Waals surface area contributed by atoms with Crippen molar-refractivity contribution in [1.82, 2.24) is 10.3 Å². The van der Waals surface area contributed by atoms with E-state index in [9.17, 15) is 9.18 Å². The van der Waals surface area contributed by atoms with Gasteiger partial charge in [-0.05, 0) is 37.0 Å². The number of nitrogens with two attached hydrogens (primary N) is 1. The molecule has 0 bridgehead atoms. The van der Waals surface area contributed by atoms with Gasteiger partial charge < -0.3 is 11.1 Å². The molecule has 1 aromatic heterocycles. The zero-order valence-corrected chi connectivity index (χ0v) is 18.3. The van der Waals surface area contributed by atoms with Crippen LogP contribution in [0.3, 0.4) is 0 Å². The Morgan fingerprint density at radius 2 is 1.93 bits per heavy atom. The van der Waals surface area contributed by atoms with Crippen LogP contribution in [0.4, 0.5) is 4.39 Å². The summed E-state index contributed by atoms with van der Waals surface area (Å²) in [4.78, 5) is 16.8. The molecule has 0 aliphatic rings. The van der Waals surface area contributed by atoms with Crippen molar-refractivity contribution in [2.45, 2.75) is 45.6 Å². The normalized spacial score (nSPS) is 12.7. The Hall–Kier alpha value is -1.21. The summed E-state index contributed by atoms with van der Waals surface area (Å²) < 4.78 is 13.0. The first kappa shape index (κ1) is 25.8. The van der Waals surface area contributed by atoms with Crippen LogP contribution in [0.25, 0.3) is 0 Å². The van der Waals surface area contributed by atoms with Gasteiger partial charge in [0, 0.05) is 23.9 Å². The van der Waals surface area contributed by atoms with Crippen molar-refractivity contribution < 1.29 is 9.18 Å². The fourth-order valence-electron chi connectivity index (χ4n) is 2.92. The van der Waals surface area contributed by atoms with Gasteiger partial charge in [-0.15, -0.1) is 36.2 Å². The molecule has 3 N–H and O–H groups in total. The van der Waals surface area contributed by atoms with E-state index in [-0.39, 0.29) is 43.0 Å². The minimum Gasteiger partial charge on any atom is -0.349 e. The van der Waals surface area contributed by atoms with Gasteiger partial charge in [-0.25, -0.2) is 9.37 Å². The van der Waals surface area contributed by atoms with Gasteiger partial charge in [-0.2, -0.15) is 0 Å². The molecule has 4 nitrogen and oxygen atoms in total. The van der Waals surface area contributed by atoms with Crippen LogP contribution >= 0.6 is 36.2 Å². The summed E-state index contributed by atoms with van der Waals surface area (Å²) in [5.74, 6) is 0.146. The molecular formula is C19H28Cl2FN3OS. The molecule has 1 atom stereocenters. The first-order chi connectivity index (χ1) is 11.8. The second-order valence-corrected chi connectivity index (χ2v) is 8.07. The van der Waals surface area contributed by atoms with E-state index in [0.29, 0.717) is 18.9 Å². The van der Waals surface area contributed by atoms with Gasteiger partial charge in [-0.3, -0.25) is 4.79 Å². The molecule has 0 saturated heterocycles. The highest BCUT2D eigenvalue weighted by atomic mass is 35.5. The number of hydrogen-bond acceptors (Lipinski definition) is 4. The number of rotatable bonds is 8. The zero-order chi connectivity index (χ0) is 18.4. The third kappa shape index (κ3) is 8.56. The molecule has 1 amide bonds. The lowest BCUT2D eigenvalue weighted by Gasteiger charge is -2.31. The lowest BCUT2D eigenvalue weighted by atomic mass is 9.90. The second-order valence-electron chi connectivity index (χ2n) is 7.12. The summed E-state index contributed by atoms with van der Waals surface area (Å²) in [6.07, 6.45) is 1.72. The molecule has 1 heterocycles. The predicted octanol–water partition coefficient (Wildman–Crippen LogP) is 4.14. The fourth-order valence-corrected chi connectivity index (χ4v) is 3.75. The molecule has 152 valence electrons. The number of hydrogen-bond donors (Lipinski definition) is 2. The summed E-state index contributed by atoms with van der Waals surface area (Å²) in [5.41, 5.74) is 7.20. The van der Waals surface area contributed by atoms with Gasteiger partial charge >= 0.3 is 0 Å². The number of benzene rings is 1. The van der Waals surface area contributed by atoms with E-state index in [1.165, 1.54) is 23.5 Å². The van der Waals surface area contributed by atoms with Crippen LogP contribution in [0.5, 0.6) is 0 Å². The number of amides is 1. The van der Waals surface area contributed by atoms with Gasteiger partial charge in [0.1, 0.15) is 5.82 Å². The van der Waals surface area contributed by atoms with Crippen LogP contribution in [0.1, 0.15) is 43.5 Å². The van der Waals surface area contributed by atoms with Crippen LogP contribution in [0, 0.1) is 11.7 Å². The molecule has 1 aromatic carbocycles. The zero-order valence-electron chi connectivity index (χ0n) is 15.8. The molecule has 0 saturated carbocycles. The average Bonchev–Trinajstić information content (AvgIpc) is 2.95. The Morgan fingerprint density at radius 3 is 2.48 bits per heavy atom. The van der Waals surface area contributed by atoms with Crippen molar-refractivity contribution in [3.63, 3.8) is 0 Å². The lowest BCUT2D eigenvalue weighted by Crippen LogP contribution is -2.52. The fraction of sp³-hybridized carbons (Fsp3) is 0.474. The number of nitrogens with one attached hydrogen (secondary N) is 1. The number of nitrogens with zero attached hydrogens (tertiary/aromatic N) is 1. The highest BCUT2D eigenvalue weighted by molar-refractivity contribution is 7.09. The van der Waals surface area contributed by atoms with Crippen LogP contribution in [-0.2, 0) is 17.6 Å². The number of carbonyl (C=O) groups excluding carboxylic acids is 1. The maximum atomic E-state index is 13.0. The largest absolute Gasteiger partial charge is 0.349 e. The van der Waals surface area contributed by atoms with Crippen molar-refractivity contribution >= 4 is 42.1 Å². The summed E-state index contributed by atoms with van der Waals surface area (Å²) in [6, 6.07) is 6.39. The van der Waals surface area contributed by atoms with Gasteiger partial charge in [0.25, 0.3) is 0 Å². The van der Waals surface area contributed by atoms with E-state index in [0.717, 1.165) is 22.7 Å². The highest BCUT2D eigenvalue weighted by Gasteiger charge is 2.26. The predicted molar refractivity (Wildman–Crippen MR) is 115 cm³/mol. The van der Waals surface area contributed by atoms with Crippen LogP contribution in [-0.4, -0.2) is 23.0 Å². The molecule has 0 radical (unpaired) electrons. The van der Waals surface area contributed by atoms with E-state index in [1.54, 1.807) is 12.1 Å². The standard InChI is InChI=1S/C19H26FN3OS.2ClH/c1-13(2)10-19(3,12-21)23-17(24)9-16-11-25-18(22-16)8-14-4-6-15(20)7-5-14;;/h4-7,11,13H,8-10,12,21H2,1-3H3,(H,23,24);2*1H. The Labute approximate surface area is 177 Å². The molecule has 8 heteroatoms. The van der Waals surface area contributed by atoms with Gasteiger partial charge in [0.05, 0.1) is 17.1 Å². The van der Waals surface area contributed by atoms with Gasteiger partial charge in [0.15, 0.2) is 0 Å². The lowest BCUT2D eigenvalue weighted by molar-refractivity contribution is -0.122. The van der Waals surface area contributed by atoms with E-state index < -0.39 is 5.54 Å². The second kappa shape index (κ2) is 11.6. The van der Waals surface area contributed by atoms with Crippen molar-refractivity contribution in [3.8, 4) is 0 Å². The third-order valence-electron chi connectivity index (χ3n) is 3.96. The molecule has 2 rings (SSSR count). The molecular weight excluding hydrogens is 408 g/mol. The van der Waals surface area contributed by atoms with Crippen molar-refractivity contribution in [1.29, 1.82) is 0 Å². The average molecular weight is 436 g/mol. The molecule has 0 aliphatic carbocycles. The van der Waals surface area contributed by atoms with E-state index in [2.05, 4.69) is 24.1 Å².